The molecule has 1 unspecified atom stereocenters. The zero-order valence-corrected chi connectivity index (χ0v) is 19.1. The van der Waals surface area contributed by atoms with Crippen molar-refractivity contribution in [1.29, 1.82) is 0 Å². The Morgan fingerprint density at radius 3 is 2.23 bits per heavy atom. The van der Waals surface area contributed by atoms with E-state index in [1.54, 1.807) is 0 Å². The molecule has 9 heteroatoms. The molecule has 35 heavy (non-hydrogen) atoms. The van der Waals surface area contributed by atoms with Crippen molar-refractivity contribution in [1.82, 2.24) is 10.6 Å². The van der Waals surface area contributed by atoms with Gasteiger partial charge >= 0.3 is 12.1 Å². The van der Waals surface area contributed by atoms with Crippen LogP contribution in [0.1, 0.15) is 49.1 Å². The number of alkyl carbamates (subject to hydrolysis) is 1. The summed E-state index contributed by atoms with van der Waals surface area (Å²) in [6, 6.07) is 13.9. The van der Waals surface area contributed by atoms with Gasteiger partial charge in [0.05, 0.1) is 0 Å². The van der Waals surface area contributed by atoms with E-state index in [-0.39, 0.29) is 30.9 Å². The molecule has 3 atom stereocenters. The molecule has 0 radical (unpaired) electrons. The topological polar surface area (TPSA) is 105 Å². The Hall–Kier alpha value is -3.49. The van der Waals surface area contributed by atoms with Gasteiger partial charge in [-0.3, -0.25) is 9.59 Å². The van der Waals surface area contributed by atoms with E-state index in [9.17, 15) is 23.2 Å². The van der Waals surface area contributed by atoms with Gasteiger partial charge in [-0.2, -0.15) is 0 Å². The lowest BCUT2D eigenvalue weighted by molar-refractivity contribution is -0.138. The van der Waals surface area contributed by atoms with Crippen LogP contribution in [0.25, 0.3) is 11.1 Å². The molecule has 0 spiro atoms. The molecule has 3 N–H and O–H groups in total. The standard InChI is InChI=1S/C26H28F2N2O5/c27-23(28)13-22(25(33)29-16-10-9-15(11-16)12-24(31)32)30-26(34)35-14-21-19-7-3-1-5-17(19)18-6-2-4-8-20(18)21/h1-8,15-16,21-23H,9-14H2,(H,29,33)(H,30,34)(H,31,32)/t15-,16+,22?/m0/s1. The number of alkyl halides is 2. The third-order valence-corrected chi connectivity index (χ3v) is 6.72. The Labute approximate surface area is 201 Å². The van der Waals surface area contributed by atoms with Gasteiger partial charge in [-0.15, -0.1) is 0 Å². The van der Waals surface area contributed by atoms with Crippen molar-refractivity contribution in [2.75, 3.05) is 6.61 Å². The largest absolute Gasteiger partial charge is 0.481 e. The van der Waals surface area contributed by atoms with Crippen molar-refractivity contribution >= 4 is 18.0 Å². The number of amides is 2. The van der Waals surface area contributed by atoms with Crippen LogP contribution >= 0.6 is 0 Å². The third-order valence-electron chi connectivity index (χ3n) is 6.72. The zero-order chi connectivity index (χ0) is 24.9. The SMILES string of the molecule is O=C(O)C[C@H]1CC[C@@H](NC(=O)C(CC(F)F)NC(=O)OCC2c3ccccc3-c3ccccc32)C1. The van der Waals surface area contributed by atoms with Gasteiger partial charge in [0.15, 0.2) is 0 Å². The number of carbonyl (C=O) groups is 3. The van der Waals surface area contributed by atoms with E-state index >= 15 is 0 Å². The number of nitrogens with one attached hydrogen (secondary N) is 2. The third kappa shape index (κ3) is 5.96. The monoisotopic (exact) mass is 486 g/mol. The van der Waals surface area contributed by atoms with Gasteiger partial charge in [-0.25, -0.2) is 13.6 Å². The van der Waals surface area contributed by atoms with E-state index in [1.807, 2.05) is 48.5 Å². The summed E-state index contributed by atoms with van der Waals surface area (Å²) < 4.78 is 31.7. The first kappa shape index (κ1) is 24.6. The number of aliphatic carboxylic acids is 1. The van der Waals surface area contributed by atoms with Gasteiger partial charge in [0.1, 0.15) is 12.6 Å². The first-order valence-corrected chi connectivity index (χ1v) is 11.7. The quantitative estimate of drug-likeness (QED) is 0.490. The molecule has 0 aliphatic heterocycles. The van der Waals surface area contributed by atoms with Crippen LogP contribution in [0.4, 0.5) is 13.6 Å². The van der Waals surface area contributed by atoms with Crippen molar-refractivity contribution in [2.24, 2.45) is 5.92 Å². The lowest BCUT2D eigenvalue weighted by Crippen LogP contribution is -2.50. The minimum absolute atomic E-state index is 0.00235. The van der Waals surface area contributed by atoms with E-state index in [0.717, 1.165) is 22.3 Å². The van der Waals surface area contributed by atoms with Crippen LogP contribution in [0.5, 0.6) is 0 Å². The summed E-state index contributed by atoms with van der Waals surface area (Å²) >= 11 is 0. The summed E-state index contributed by atoms with van der Waals surface area (Å²) in [5.41, 5.74) is 4.15. The van der Waals surface area contributed by atoms with Gasteiger partial charge in [-0.1, -0.05) is 48.5 Å². The molecule has 4 rings (SSSR count). The summed E-state index contributed by atoms with van der Waals surface area (Å²) in [6.45, 7) is 0.00235. The number of rotatable bonds is 9. The Morgan fingerprint density at radius 2 is 1.63 bits per heavy atom. The number of hydrogen-bond acceptors (Lipinski definition) is 4. The molecule has 2 amide bonds. The molecular weight excluding hydrogens is 458 g/mol. The summed E-state index contributed by atoms with van der Waals surface area (Å²) in [4.78, 5) is 36.1. The minimum atomic E-state index is -2.80. The molecule has 2 aromatic rings. The highest BCUT2D eigenvalue weighted by molar-refractivity contribution is 5.86. The summed E-state index contributed by atoms with van der Waals surface area (Å²) in [5.74, 6) is -1.89. The minimum Gasteiger partial charge on any atom is -0.481 e. The van der Waals surface area contributed by atoms with Gasteiger partial charge < -0.3 is 20.5 Å². The first-order chi connectivity index (χ1) is 16.8. The van der Waals surface area contributed by atoms with E-state index in [0.29, 0.717) is 19.3 Å². The number of hydrogen-bond donors (Lipinski definition) is 3. The van der Waals surface area contributed by atoms with Crippen molar-refractivity contribution in [2.45, 2.75) is 56.5 Å². The Kier molecular flexibility index (Phi) is 7.63. The second kappa shape index (κ2) is 10.8. The van der Waals surface area contributed by atoms with Crippen LogP contribution in [-0.2, 0) is 14.3 Å². The highest BCUT2D eigenvalue weighted by Gasteiger charge is 2.33. The van der Waals surface area contributed by atoms with Crippen LogP contribution in [0.15, 0.2) is 48.5 Å². The molecule has 0 aromatic heterocycles. The lowest BCUT2D eigenvalue weighted by Gasteiger charge is -2.21. The second-order valence-corrected chi connectivity index (χ2v) is 9.13. The smallest absolute Gasteiger partial charge is 0.407 e. The lowest BCUT2D eigenvalue weighted by atomic mass is 9.98. The van der Waals surface area contributed by atoms with E-state index < -0.39 is 36.9 Å². The normalized spacial score (nSPS) is 19.6. The highest BCUT2D eigenvalue weighted by Crippen LogP contribution is 2.44. The van der Waals surface area contributed by atoms with Crippen LogP contribution in [0.3, 0.4) is 0 Å². The molecule has 2 aliphatic carbocycles. The first-order valence-electron chi connectivity index (χ1n) is 11.7. The fourth-order valence-electron chi connectivity index (χ4n) is 5.13. The maximum atomic E-state index is 13.1. The second-order valence-electron chi connectivity index (χ2n) is 9.13. The van der Waals surface area contributed by atoms with Crippen LogP contribution in [0.2, 0.25) is 0 Å². The van der Waals surface area contributed by atoms with Crippen molar-refractivity contribution < 1.29 is 33.0 Å². The highest BCUT2D eigenvalue weighted by atomic mass is 19.3. The van der Waals surface area contributed by atoms with E-state index in [2.05, 4.69) is 10.6 Å². The fourth-order valence-corrected chi connectivity index (χ4v) is 5.13. The zero-order valence-electron chi connectivity index (χ0n) is 19.1. The van der Waals surface area contributed by atoms with Crippen LogP contribution in [0, 0.1) is 5.92 Å². The maximum Gasteiger partial charge on any atom is 0.407 e. The molecular formula is C26H28F2N2O5. The average Bonchev–Trinajstić information content (AvgIpc) is 3.38. The molecule has 2 aromatic carbocycles. The molecule has 2 aliphatic rings. The number of carboxylic acids is 1. The summed E-state index contributed by atoms with van der Waals surface area (Å²) in [5, 5.41) is 13.9. The Morgan fingerprint density at radius 1 is 1.00 bits per heavy atom. The van der Waals surface area contributed by atoms with E-state index in [1.165, 1.54) is 0 Å². The number of halogens is 2. The van der Waals surface area contributed by atoms with Gasteiger partial charge in [0.25, 0.3) is 0 Å². The Balaban J connectivity index is 1.35. The Bertz CT molecular complexity index is 1050. The number of benzene rings is 2. The number of carbonyl (C=O) groups excluding carboxylic acids is 2. The molecule has 1 fully saturated rings. The van der Waals surface area contributed by atoms with Gasteiger partial charge in [0.2, 0.25) is 12.3 Å². The molecule has 0 heterocycles. The number of fused-ring (bicyclic) bond motifs is 3. The van der Waals surface area contributed by atoms with Crippen LogP contribution in [-0.4, -0.2) is 48.2 Å². The fraction of sp³-hybridized carbons (Fsp3) is 0.423. The number of carboxylic acid groups (broad SMARTS) is 1. The molecule has 186 valence electrons. The predicted molar refractivity (Wildman–Crippen MR) is 124 cm³/mol. The molecule has 7 nitrogen and oxygen atoms in total. The average molecular weight is 487 g/mol. The number of ether oxygens (including phenoxy) is 1. The maximum absolute atomic E-state index is 13.1. The van der Waals surface area contributed by atoms with Crippen molar-refractivity contribution in [3.63, 3.8) is 0 Å². The molecule has 1 saturated carbocycles. The van der Waals surface area contributed by atoms with Crippen LogP contribution < -0.4 is 10.6 Å². The molecule has 0 bridgehead atoms. The summed E-state index contributed by atoms with van der Waals surface area (Å²) in [6.07, 6.45) is -2.92. The van der Waals surface area contributed by atoms with E-state index in [4.69, 9.17) is 9.84 Å². The predicted octanol–water partition coefficient (Wildman–Crippen LogP) is 4.31. The van der Waals surface area contributed by atoms with Crippen molar-refractivity contribution in [3.05, 3.63) is 59.7 Å². The summed E-state index contributed by atoms with van der Waals surface area (Å²) in [7, 11) is 0. The van der Waals surface area contributed by atoms with Gasteiger partial charge in [-0.05, 0) is 47.4 Å². The molecule has 0 saturated heterocycles. The van der Waals surface area contributed by atoms with Crippen molar-refractivity contribution in [3.8, 4) is 11.1 Å². The van der Waals surface area contributed by atoms with Gasteiger partial charge in [0, 0.05) is 24.8 Å².